The van der Waals surface area contributed by atoms with Gasteiger partial charge in [0.25, 0.3) is 10.0 Å². The summed E-state index contributed by atoms with van der Waals surface area (Å²) < 4.78 is 68.8. The fourth-order valence-electron chi connectivity index (χ4n) is 3.39. The number of fused-ring (bicyclic) bond motifs is 1. The van der Waals surface area contributed by atoms with E-state index < -0.39 is 22.4 Å². The molecule has 11 heteroatoms. The maximum Gasteiger partial charge on any atom is 0.573 e. The summed E-state index contributed by atoms with van der Waals surface area (Å²) in [5.41, 5.74) is 1.57. The van der Waals surface area contributed by atoms with E-state index in [0.29, 0.717) is 26.9 Å². The van der Waals surface area contributed by atoms with Gasteiger partial charge in [-0.2, -0.15) is 8.42 Å². The van der Waals surface area contributed by atoms with Crippen LogP contribution >= 0.6 is 11.3 Å². The molecular weight excluding hydrogens is 479 g/mol. The number of rotatable bonds is 7. The van der Waals surface area contributed by atoms with Crippen molar-refractivity contribution in [2.24, 2.45) is 0 Å². The van der Waals surface area contributed by atoms with E-state index in [1.54, 1.807) is 30.3 Å². The summed E-state index contributed by atoms with van der Waals surface area (Å²) in [4.78, 5) is 11.5. The Morgan fingerprint density at radius 3 is 2.39 bits per heavy atom. The third kappa shape index (κ3) is 4.88. The van der Waals surface area contributed by atoms with Crippen molar-refractivity contribution in [2.45, 2.75) is 23.4 Å². The zero-order valence-corrected chi connectivity index (χ0v) is 18.4. The Bertz CT molecular complexity index is 1420. The van der Waals surface area contributed by atoms with Crippen LogP contribution in [0.1, 0.15) is 12.0 Å². The fraction of sp³-hybridized carbons (Fsp3) is 0.136. The average molecular weight is 496 g/mol. The van der Waals surface area contributed by atoms with E-state index in [1.807, 2.05) is 0 Å². The van der Waals surface area contributed by atoms with E-state index in [4.69, 9.17) is 5.11 Å². The van der Waals surface area contributed by atoms with Gasteiger partial charge in [-0.25, -0.2) is 3.97 Å². The fourth-order valence-corrected chi connectivity index (χ4v) is 6.18. The molecule has 0 spiro atoms. The van der Waals surface area contributed by atoms with Gasteiger partial charge in [0, 0.05) is 22.9 Å². The summed E-state index contributed by atoms with van der Waals surface area (Å²) in [6.07, 6.45) is -3.31. The Kier molecular flexibility index (Phi) is 5.93. The van der Waals surface area contributed by atoms with Gasteiger partial charge in [0.05, 0.1) is 5.52 Å². The van der Waals surface area contributed by atoms with Gasteiger partial charge in [-0.3, -0.25) is 4.79 Å². The minimum Gasteiger partial charge on any atom is -0.481 e. The van der Waals surface area contributed by atoms with Crippen LogP contribution in [0.15, 0.2) is 71.1 Å². The van der Waals surface area contributed by atoms with Gasteiger partial charge in [-0.05, 0) is 60.0 Å². The van der Waals surface area contributed by atoms with Crippen LogP contribution < -0.4 is 4.74 Å². The molecule has 172 valence electrons. The van der Waals surface area contributed by atoms with Crippen molar-refractivity contribution in [3.63, 3.8) is 0 Å². The Labute approximate surface area is 190 Å². The molecule has 0 amide bonds. The Morgan fingerprint density at radius 2 is 1.73 bits per heavy atom. The number of aryl methyl sites for hydroxylation is 1. The maximum atomic E-state index is 13.4. The van der Waals surface area contributed by atoms with Crippen LogP contribution in [-0.2, 0) is 21.2 Å². The number of alkyl halides is 3. The third-order valence-corrected chi connectivity index (χ3v) is 8.11. The standard InChI is InChI=1S/C22H16F3NO5S2/c23-22(24,25)31-16-8-5-14(6-9-16)19-10-12-21(32-19)33(29,30)26-13-15(7-11-20(27)28)17-3-1-2-4-18(17)26/h1-6,8-10,12-13H,7,11H2,(H,27,28). The number of carboxylic acids is 1. The molecule has 0 atom stereocenters. The van der Waals surface area contributed by atoms with Gasteiger partial charge in [-0.1, -0.05) is 18.2 Å². The number of hydrogen-bond donors (Lipinski definition) is 1. The number of para-hydroxylation sites is 1. The first-order chi connectivity index (χ1) is 15.5. The van der Waals surface area contributed by atoms with Gasteiger partial charge >= 0.3 is 12.3 Å². The van der Waals surface area contributed by atoms with Gasteiger partial charge < -0.3 is 9.84 Å². The first-order valence-electron chi connectivity index (χ1n) is 9.57. The number of nitrogens with zero attached hydrogens (tertiary/aromatic N) is 1. The number of thiophene rings is 1. The Hall–Kier alpha value is -3.31. The minimum atomic E-state index is -4.80. The SMILES string of the molecule is O=C(O)CCc1cn(S(=O)(=O)c2ccc(-c3ccc(OC(F)(F)F)cc3)s2)c2ccccc12. The largest absolute Gasteiger partial charge is 0.573 e. The van der Waals surface area contributed by atoms with Gasteiger partial charge in [0.2, 0.25) is 0 Å². The summed E-state index contributed by atoms with van der Waals surface area (Å²) in [6, 6.07) is 15.0. The number of hydrogen-bond acceptors (Lipinski definition) is 5. The maximum absolute atomic E-state index is 13.4. The minimum absolute atomic E-state index is 0.0404. The number of aliphatic carboxylic acids is 1. The second-order valence-electron chi connectivity index (χ2n) is 7.06. The molecule has 1 N–H and O–H groups in total. The van der Waals surface area contributed by atoms with E-state index in [2.05, 4.69) is 4.74 Å². The van der Waals surface area contributed by atoms with Crippen molar-refractivity contribution < 1.29 is 36.2 Å². The molecule has 0 fully saturated rings. The lowest BCUT2D eigenvalue weighted by molar-refractivity contribution is -0.274. The van der Waals surface area contributed by atoms with Crippen molar-refractivity contribution >= 4 is 38.2 Å². The van der Waals surface area contributed by atoms with Crippen LogP contribution in [0.2, 0.25) is 0 Å². The molecule has 2 aromatic heterocycles. The topological polar surface area (TPSA) is 85.6 Å². The summed E-state index contributed by atoms with van der Waals surface area (Å²) in [5.74, 6) is -1.35. The molecule has 6 nitrogen and oxygen atoms in total. The first kappa shape index (κ1) is 22.9. The van der Waals surface area contributed by atoms with E-state index in [9.17, 15) is 26.4 Å². The first-order valence-corrected chi connectivity index (χ1v) is 11.8. The molecular formula is C22H16F3NO5S2. The van der Waals surface area contributed by atoms with Crippen LogP contribution in [0.3, 0.4) is 0 Å². The van der Waals surface area contributed by atoms with Crippen LogP contribution in [0.25, 0.3) is 21.3 Å². The number of ether oxygens (including phenoxy) is 1. The van der Waals surface area contributed by atoms with Gasteiger partial charge in [-0.15, -0.1) is 24.5 Å². The van der Waals surface area contributed by atoms with Crippen molar-refractivity contribution in [2.75, 3.05) is 0 Å². The highest BCUT2D eigenvalue weighted by Gasteiger charge is 2.31. The lowest BCUT2D eigenvalue weighted by Gasteiger charge is -2.08. The molecule has 0 saturated carbocycles. The van der Waals surface area contributed by atoms with Crippen molar-refractivity contribution in [3.8, 4) is 16.2 Å². The van der Waals surface area contributed by atoms with Crippen molar-refractivity contribution in [1.82, 2.24) is 3.97 Å². The summed E-state index contributed by atoms with van der Waals surface area (Å²) in [7, 11) is -3.99. The zero-order chi connectivity index (χ0) is 23.8. The molecule has 0 saturated heterocycles. The van der Waals surface area contributed by atoms with Crippen LogP contribution in [0.5, 0.6) is 5.75 Å². The van der Waals surface area contributed by atoms with Crippen LogP contribution in [-0.4, -0.2) is 29.8 Å². The quantitative estimate of drug-likeness (QED) is 0.365. The molecule has 0 bridgehead atoms. The molecule has 4 aromatic rings. The van der Waals surface area contributed by atoms with Crippen molar-refractivity contribution in [1.29, 1.82) is 0 Å². The molecule has 2 heterocycles. The number of carbonyl (C=O) groups is 1. The van der Waals surface area contributed by atoms with E-state index in [-0.39, 0.29) is 22.8 Å². The molecule has 0 aliphatic carbocycles. The summed E-state index contributed by atoms with van der Waals surface area (Å²) >= 11 is 0.977. The van der Waals surface area contributed by atoms with E-state index in [1.165, 1.54) is 24.4 Å². The number of aromatic nitrogens is 1. The third-order valence-electron chi connectivity index (χ3n) is 4.84. The highest BCUT2D eigenvalue weighted by molar-refractivity contribution is 7.92. The second-order valence-corrected chi connectivity index (χ2v) is 10.2. The van der Waals surface area contributed by atoms with E-state index in [0.717, 1.165) is 27.4 Å². The highest BCUT2D eigenvalue weighted by atomic mass is 32.2. The normalized spacial score (nSPS) is 12.2. The lowest BCUT2D eigenvalue weighted by Crippen LogP contribution is -2.16. The molecule has 2 aromatic carbocycles. The number of carboxylic acid groups (broad SMARTS) is 1. The van der Waals surface area contributed by atoms with Gasteiger partial charge in [0.15, 0.2) is 0 Å². The van der Waals surface area contributed by atoms with Crippen molar-refractivity contribution in [3.05, 3.63) is 72.4 Å². The number of halogens is 3. The monoisotopic (exact) mass is 495 g/mol. The van der Waals surface area contributed by atoms with Crippen LogP contribution in [0, 0.1) is 0 Å². The lowest BCUT2D eigenvalue weighted by atomic mass is 10.1. The molecule has 0 radical (unpaired) electrons. The predicted octanol–water partition coefficient (Wildman–Crippen LogP) is 5.52. The molecule has 0 aliphatic rings. The van der Waals surface area contributed by atoms with Gasteiger partial charge in [0.1, 0.15) is 9.96 Å². The Morgan fingerprint density at radius 1 is 1.03 bits per heavy atom. The molecule has 33 heavy (non-hydrogen) atoms. The average Bonchev–Trinajstić information content (AvgIpc) is 3.38. The van der Waals surface area contributed by atoms with E-state index >= 15 is 0 Å². The summed E-state index contributed by atoms with van der Waals surface area (Å²) in [5, 5.41) is 9.64. The second kappa shape index (κ2) is 8.56. The smallest absolute Gasteiger partial charge is 0.481 e. The van der Waals surface area contributed by atoms with Crippen LogP contribution in [0.4, 0.5) is 13.2 Å². The molecule has 0 unspecified atom stereocenters. The Balaban J connectivity index is 1.67. The predicted molar refractivity (Wildman–Crippen MR) is 117 cm³/mol. The molecule has 0 aliphatic heterocycles. The highest BCUT2D eigenvalue weighted by Crippen LogP contribution is 2.35. The molecule has 4 rings (SSSR count). The summed E-state index contributed by atoms with van der Waals surface area (Å²) in [6.45, 7) is 0. The zero-order valence-electron chi connectivity index (χ0n) is 16.7. The number of benzene rings is 2.